The second-order valence-electron chi connectivity index (χ2n) is 33.6. The van der Waals surface area contributed by atoms with Crippen LogP contribution in [-0.4, -0.2) is 191 Å². The maximum atomic E-state index is 13.5. The Kier molecular flexibility index (Phi) is 41.1. The van der Waals surface area contributed by atoms with Crippen LogP contribution in [0.2, 0.25) is 0 Å². The van der Waals surface area contributed by atoms with Crippen LogP contribution in [0, 0.1) is 26.7 Å². The second kappa shape index (κ2) is 51.6. The van der Waals surface area contributed by atoms with Crippen LogP contribution in [0.25, 0.3) is 22.0 Å². The number of aryl methyl sites for hydroxylation is 3. The Labute approximate surface area is 801 Å². The average molecular weight is 1890 g/mol. The molecule has 1 aromatic heterocycles. The normalized spacial score (nSPS) is 13.5. The fraction of sp³-hybridized carbons (Fsp3) is 0.318. The first-order valence-corrected chi connectivity index (χ1v) is 46.9. The second-order valence-corrected chi connectivity index (χ2v) is 37.1. The van der Waals surface area contributed by atoms with Crippen molar-refractivity contribution < 1.29 is 75.1 Å². The summed E-state index contributed by atoms with van der Waals surface area (Å²) >= 11 is 0. The molecular weight excluding hydrogens is 1760 g/mol. The van der Waals surface area contributed by atoms with Gasteiger partial charge < -0.3 is 60.9 Å². The Hall–Kier alpha value is -13.1. The van der Waals surface area contributed by atoms with Crippen LogP contribution in [0.1, 0.15) is 157 Å². The number of carboxylic acid groups (broad SMARTS) is 1. The highest BCUT2D eigenvalue weighted by atomic mass is 32.2. The van der Waals surface area contributed by atoms with E-state index in [2.05, 4.69) is 108 Å². The molecule has 15 rings (SSSR count). The Morgan fingerprint density at radius 1 is 0.559 bits per heavy atom. The monoisotopic (exact) mass is 1890 g/mol. The molecule has 12 aromatic rings. The molecule has 3 saturated heterocycles. The number of phenolic OH excluding ortho intramolecular Hbond substituents is 1. The number of ether oxygens (including phenoxy) is 4. The number of rotatable bonds is 31. The fourth-order valence-electron chi connectivity index (χ4n) is 15.3. The van der Waals surface area contributed by atoms with Crippen molar-refractivity contribution in [1.29, 1.82) is 0 Å². The maximum Gasteiger partial charge on any atom is 0.337 e. The molecule has 29 heteroatoms. The minimum atomic E-state index is -3.89. The van der Waals surface area contributed by atoms with Crippen molar-refractivity contribution in [3.8, 4) is 28.5 Å². The smallest absolute Gasteiger partial charge is 0.337 e. The zero-order chi connectivity index (χ0) is 93.9. The van der Waals surface area contributed by atoms with E-state index in [-0.39, 0.29) is 106 Å². The zero-order valence-electron chi connectivity index (χ0n) is 75.5. The minimum absolute atomic E-state index is 0. The van der Waals surface area contributed by atoms with E-state index < -0.39 is 37.5 Å². The number of phenols is 1. The summed E-state index contributed by atoms with van der Waals surface area (Å²) in [5.41, 5.74) is 11.3. The van der Waals surface area contributed by atoms with Crippen LogP contribution in [0.5, 0.6) is 17.2 Å². The van der Waals surface area contributed by atoms with Crippen molar-refractivity contribution in [2.75, 3.05) is 126 Å². The number of anilines is 6. The van der Waals surface area contributed by atoms with Gasteiger partial charge in [0.2, 0.25) is 20.0 Å². The van der Waals surface area contributed by atoms with Crippen LogP contribution in [-0.2, 0) is 53.7 Å². The first-order chi connectivity index (χ1) is 63.5. The first kappa shape index (κ1) is 108. The molecule has 0 bridgehead atoms. The number of amides is 3. The van der Waals surface area contributed by atoms with E-state index in [1.54, 1.807) is 120 Å². The highest BCUT2D eigenvalue weighted by Gasteiger charge is 2.32. The van der Waals surface area contributed by atoms with Crippen molar-refractivity contribution in [2.45, 2.75) is 132 Å². The van der Waals surface area contributed by atoms with Crippen molar-refractivity contribution in [2.24, 2.45) is 5.92 Å². The number of carbonyl (C=O) groups is 5. The number of aromatic hydroxyl groups is 1. The van der Waals surface area contributed by atoms with Crippen LogP contribution in [0.4, 0.5) is 34.3 Å². The van der Waals surface area contributed by atoms with Gasteiger partial charge in [-0.25, -0.2) is 26.4 Å². The molecule has 4 heterocycles. The van der Waals surface area contributed by atoms with E-state index >= 15 is 0 Å². The van der Waals surface area contributed by atoms with Crippen molar-refractivity contribution in [3.05, 3.63) is 316 Å². The number of likely N-dealkylation sites (tertiary alicyclic amines) is 1. The summed E-state index contributed by atoms with van der Waals surface area (Å²) in [4.78, 5) is 66.9. The molecule has 0 saturated carbocycles. The van der Waals surface area contributed by atoms with Crippen molar-refractivity contribution in [1.82, 2.24) is 29.0 Å². The van der Waals surface area contributed by atoms with Gasteiger partial charge in [-0.3, -0.25) is 29.0 Å². The third-order valence-electron chi connectivity index (χ3n) is 22.7. The van der Waals surface area contributed by atoms with E-state index in [4.69, 9.17) is 18.9 Å². The number of fused-ring (bicyclic) bond motifs is 1. The molecular formula is C107H131N11O16S2. The number of carboxylic acids is 1. The number of nitrogens with zero attached hydrogens (tertiary/aromatic N) is 5. The maximum absolute atomic E-state index is 13.5. The molecule has 3 aliphatic rings. The number of methoxy groups -OCH3 is 1. The fourth-order valence-corrected chi connectivity index (χ4v) is 18.6. The molecule has 0 spiro atoms. The predicted molar refractivity (Wildman–Crippen MR) is 543 cm³/mol. The number of aromatic nitrogens is 2. The molecule has 0 unspecified atom stereocenters. The first-order valence-electron chi connectivity index (χ1n) is 44.0. The Morgan fingerprint density at radius 3 is 1.82 bits per heavy atom. The van der Waals surface area contributed by atoms with Gasteiger partial charge in [-0.1, -0.05) is 201 Å². The summed E-state index contributed by atoms with van der Waals surface area (Å²) in [6.45, 7) is 21.5. The molecule has 0 atom stereocenters. The summed E-state index contributed by atoms with van der Waals surface area (Å²) in [5.74, 6) is 1.10. The van der Waals surface area contributed by atoms with E-state index in [0.29, 0.717) is 108 Å². The van der Waals surface area contributed by atoms with Gasteiger partial charge in [-0.05, 0) is 204 Å². The zero-order valence-corrected chi connectivity index (χ0v) is 77.2. The highest BCUT2D eigenvalue weighted by Crippen LogP contribution is 2.36. The lowest BCUT2D eigenvalue weighted by Crippen LogP contribution is -2.46. The van der Waals surface area contributed by atoms with Crippen LogP contribution < -0.4 is 40.8 Å². The van der Waals surface area contributed by atoms with Crippen LogP contribution in [0.15, 0.2) is 265 Å². The summed E-state index contributed by atoms with van der Waals surface area (Å²) in [6.07, 6.45) is 4.06. The number of morpholine rings is 2. The summed E-state index contributed by atoms with van der Waals surface area (Å²) < 4.78 is 78.7. The summed E-state index contributed by atoms with van der Waals surface area (Å²) in [6, 6.07) is 76.8. The lowest BCUT2D eigenvalue weighted by molar-refractivity contribution is -0.118. The number of aliphatic hydroxyl groups is 1. The molecule has 3 aliphatic heterocycles. The number of hydrogen-bond donors (Lipinski definition) is 9. The van der Waals surface area contributed by atoms with Crippen molar-refractivity contribution in [3.63, 3.8) is 0 Å². The van der Waals surface area contributed by atoms with Crippen LogP contribution in [0.3, 0.4) is 0 Å². The van der Waals surface area contributed by atoms with Gasteiger partial charge in [0, 0.05) is 114 Å². The minimum Gasteiger partial charge on any atom is -0.508 e. The number of aromatic carboxylic acids is 1. The predicted octanol–water partition coefficient (Wildman–Crippen LogP) is 19.3. The summed E-state index contributed by atoms with van der Waals surface area (Å²) in [5, 5.41) is 53.5. The van der Waals surface area contributed by atoms with Crippen molar-refractivity contribution >= 4 is 94.5 Å². The number of nitrogens with one attached hydrogen (secondary N) is 6. The number of aliphatic hydroxyl groups excluding tert-OH is 1. The largest absolute Gasteiger partial charge is 0.508 e. The number of hydrogen-bond acceptors (Lipinski definition) is 21. The number of para-hydroxylation sites is 2. The molecule has 136 heavy (non-hydrogen) atoms. The molecule has 9 N–H and O–H groups in total. The third kappa shape index (κ3) is 30.7. The molecule has 3 fully saturated rings. The molecule has 11 aromatic carbocycles. The Bertz CT molecular complexity index is 6190. The van der Waals surface area contributed by atoms with Gasteiger partial charge in [0.1, 0.15) is 27.8 Å². The average Bonchev–Trinajstić information content (AvgIpc) is 0.763. The van der Waals surface area contributed by atoms with Gasteiger partial charge in [-0.2, -0.15) is 4.31 Å². The van der Waals surface area contributed by atoms with Gasteiger partial charge in [0.05, 0.1) is 67.5 Å². The lowest BCUT2D eigenvalue weighted by atomic mass is 9.90. The van der Waals surface area contributed by atoms with Gasteiger partial charge in [-0.15, -0.1) is 10.2 Å². The van der Waals surface area contributed by atoms with Crippen LogP contribution >= 0.6 is 0 Å². The van der Waals surface area contributed by atoms with Gasteiger partial charge in [0.15, 0.2) is 18.2 Å². The standard InChI is InChI=1S/C29H33NO2.C26H26N2O5.C25H26N4O4S.C23H30N4O5S.4CH4/c1-22-8-13-29(32-2)27(18-22)20-28(31)26-11-9-25(10-12-26)21-30-16-14-24(15-17-30)19-23-6-4-3-5-7-23;1-16(2)18-8-11-20(12-9-18)33-15-24(29)27-22-13-10-19(14-17(22)3)25(30)28-23-7-5-4-6-21(23)26(31)32;1-16-11-12-17(13-22(16)34(32,33)29-25(2,3)15-30)23-20-9-4-5-10-21(20)24(28-27-23)26-18-7-6-8-19(31)14-18;28-23(25-20-4-2-1-3-5-20)19-6-7-21(24-8-9-26-10-14-31-15-11-26)22(18-19)33(29,30)27-12-16-32-17-13-27;;;;/h3-13,18,24H,14-17,19-21H2,1-2H3;4-14,16H,15H2,1-3H3,(H,27,29)(H,28,30)(H,31,32);4-14,29-31H,15H2,1-3H3,(H,26,28);1-7,18,24H,8-17H2,(H,25,28);4*1H4. The van der Waals surface area contributed by atoms with Gasteiger partial charge >= 0.3 is 5.97 Å². The number of Topliss-reactive ketones (excluding diaryl/α,β-unsaturated/α-hetero) is 1. The van der Waals surface area contributed by atoms with E-state index in [9.17, 15) is 56.1 Å². The quantitative estimate of drug-likeness (QED) is 0.0182. The number of benzene rings is 11. The van der Waals surface area contributed by atoms with E-state index in [1.807, 2.05) is 116 Å². The van der Waals surface area contributed by atoms with Gasteiger partial charge in [0.25, 0.3) is 17.7 Å². The topological polar surface area (TPSA) is 359 Å². The highest BCUT2D eigenvalue weighted by molar-refractivity contribution is 7.89. The molecule has 0 radical (unpaired) electrons. The number of ketones is 1. The Morgan fingerprint density at radius 2 is 1.17 bits per heavy atom. The lowest BCUT2D eigenvalue weighted by Gasteiger charge is -2.32. The summed E-state index contributed by atoms with van der Waals surface area (Å²) in [7, 11) is -6.04. The SMILES string of the molecule is C.C.C.C.COc1ccc(C)cc1CC(=O)c1ccc(CN2CCC(Cc3ccccc3)CC2)cc1.Cc1cc(C(=O)Nc2ccccc2C(=O)O)ccc1NC(=O)COc1ccc(C(C)C)cc1.Cc1ccc(-c2nnc(Nc3cccc(O)c3)c3ccccc23)cc1S(=O)(=O)NC(C)(C)CO.O=C(Nc1ccccc1)c1ccc(NCCN2CCOCC2)c(S(=O)(=O)N2CCOCC2)c1. The third-order valence-corrected chi connectivity index (χ3v) is 26.5. The Balaban J connectivity index is 0.000000221. The number of piperidine rings is 1. The molecule has 0 aliphatic carbocycles. The molecule has 3 amide bonds. The van der Waals surface area contributed by atoms with E-state index in [0.717, 1.165) is 78.4 Å². The number of carbonyl (C=O) groups excluding carboxylic acids is 4. The molecule has 722 valence electrons. The number of sulfonamides is 2. The molecule has 27 nitrogen and oxygen atoms in total. The van der Waals surface area contributed by atoms with E-state index in [1.165, 1.54) is 58.5 Å².